The van der Waals surface area contributed by atoms with E-state index in [0.29, 0.717) is 19.6 Å². The Labute approximate surface area is 202 Å². The summed E-state index contributed by atoms with van der Waals surface area (Å²) in [7, 11) is -3.62. The topological polar surface area (TPSA) is 74.7 Å². The Kier molecular flexibility index (Phi) is 8.16. The molecule has 1 saturated heterocycles. The van der Waals surface area contributed by atoms with Crippen LogP contribution in [0.5, 0.6) is 0 Å². The van der Waals surface area contributed by atoms with Gasteiger partial charge < -0.3 is 5.32 Å². The molecule has 1 aliphatic rings. The second kappa shape index (κ2) is 11.5. The lowest BCUT2D eigenvalue weighted by atomic mass is 10.1. The minimum absolute atomic E-state index is 0.0483. The normalized spacial score (nSPS) is 15.6. The van der Waals surface area contributed by atoms with Crippen molar-refractivity contribution in [3.63, 3.8) is 0 Å². The van der Waals surface area contributed by atoms with E-state index in [1.807, 2.05) is 30.3 Å². The monoisotopic (exact) mass is 480 g/mol. The first kappa shape index (κ1) is 24.2. The lowest BCUT2D eigenvalue weighted by Crippen LogP contribution is -2.39. The first-order valence-corrected chi connectivity index (χ1v) is 13.2. The van der Waals surface area contributed by atoms with Crippen LogP contribution in [0.2, 0.25) is 0 Å². The van der Waals surface area contributed by atoms with Crippen molar-refractivity contribution >= 4 is 15.9 Å². The van der Waals surface area contributed by atoms with E-state index in [0.717, 1.165) is 44.7 Å². The predicted octanol–water partition coefficient (Wildman–Crippen LogP) is 2.59. The number of carbonyl (C=O) groups is 1. The maximum Gasteiger partial charge on any atom is 0.267 e. The van der Waals surface area contributed by atoms with Gasteiger partial charge in [-0.15, -0.1) is 0 Å². The number of rotatable bonds is 9. The van der Waals surface area contributed by atoms with Gasteiger partial charge >= 0.3 is 0 Å². The summed E-state index contributed by atoms with van der Waals surface area (Å²) in [4.78, 5) is 17.1. The van der Waals surface area contributed by atoms with Crippen LogP contribution in [0.4, 0.5) is 0 Å². The zero-order chi connectivity index (χ0) is 23.8. The Morgan fingerprint density at radius 1 is 0.824 bits per heavy atom. The summed E-state index contributed by atoms with van der Waals surface area (Å²) >= 11 is 0. The van der Waals surface area contributed by atoms with Crippen molar-refractivity contribution in [2.45, 2.75) is 24.3 Å². The Morgan fingerprint density at radius 2 is 1.50 bits per heavy atom. The minimum atomic E-state index is -3.62. The second-order valence-corrected chi connectivity index (χ2v) is 10.4. The maximum atomic E-state index is 13.1. The van der Waals surface area contributed by atoms with Gasteiger partial charge in [-0.2, -0.15) is 0 Å². The van der Waals surface area contributed by atoms with Gasteiger partial charge in [-0.1, -0.05) is 48.5 Å². The molecule has 0 saturated carbocycles. The number of carbonyl (C=O) groups excluding carboxylic acids is 1. The van der Waals surface area contributed by atoms with Gasteiger partial charge in [0.2, 0.25) is 5.91 Å². The fourth-order valence-corrected chi connectivity index (χ4v) is 5.67. The first-order chi connectivity index (χ1) is 16.5. The van der Waals surface area contributed by atoms with Gasteiger partial charge in [0, 0.05) is 38.1 Å². The highest BCUT2D eigenvalue weighted by Gasteiger charge is 2.22. The summed E-state index contributed by atoms with van der Waals surface area (Å²) < 4.78 is 27.5. The van der Waals surface area contributed by atoms with E-state index >= 15 is 0 Å². The van der Waals surface area contributed by atoms with Crippen LogP contribution in [-0.4, -0.2) is 67.4 Å². The van der Waals surface area contributed by atoms with Crippen LogP contribution in [0.25, 0.3) is 0 Å². The van der Waals surface area contributed by atoms with Gasteiger partial charge in [0.05, 0.1) is 11.4 Å². The molecule has 0 aliphatic carbocycles. The molecular formula is C26H32N4O3S. The molecule has 0 unspecified atom stereocenters. The summed E-state index contributed by atoms with van der Waals surface area (Å²) in [5.74, 6) is 0.0483. The number of hydrogen-bond acceptors (Lipinski definition) is 5. The van der Waals surface area contributed by atoms with Crippen molar-refractivity contribution in [1.29, 1.82) is 0 Å². The van der Waals surface area contributed by atoms with Crippen LogP contribution in [-0.2, 0) is 27.8 Å². The van der Waals surface area contributed by atoms with Gasteiger partial charge in [0.15, 0.2) is 0 Å². The van der Waals surface area contributed by atoms with E-state index in [-0.39, 0.29) is 10.8 Å². The summed E-state index contributed by atoms with van der Waals surface area (Å²) in [6.07, 6.45) is 3.37. The molecule has 0 spiro atoms. The van der Waals surface area contributed by atoms with Crippen molar-refractivity contribution in [1.82, 2.24) is 19.1 Å². The molecule has 2 heterocycles. The quantitative estimate of drug-likeness (QED) is 0.510. The van der Waals surface area contributed by atoms with Crippen molar-refractivity contribution in [2.24, 2.45) is 0 Å². The second-order valence-electron chi connectivity index (χ2n) is 8.60. The molecule has 180 valence electrons. The number of nitrogens with one attached hydrogen (secondary N) is 1. The fourth-order valence-electron chi connectivity index (χ4n) is 4.28. The van der Waals surface area contributed by atoms with E-state index in [9.17, 15) is 13.2 Å². The number of benzene rings is 2. The van der Waals surface area contributed by atoms with Crippen molar-refractivity contribution in [3.8, 4) is 0 Å². The molecule has 1 fully saturated rings. The molecule has 0 radical (unpaired) electrons. The molecule has 1 aliphatic heterocycles. The minimum Gasteiger partial charge on any atom is -0.355 e. The van der Waals surface area contributed by atoms with E-state index < -0.39 is 10.0 Å². The van der Waals surface area contributed by atoms with Crippen LogP contribution in [0.1, 0.15) is 17.7 Å². The lowest BCUT2D eigenvalue weighted by molar-refractivity contribution is -0.122. The number of nitrogens with zero attached hydrogens (tertiary/aromatic N) is 3. The molecule has 1 amide bonds. The highest BCUT2D eigenvalue weighted by Crippen LogP contribution is 2.18. The molecule has 3 aromatic rings. The SMILES string of the molecule is O=C(CN1CCCN(Cc2cccn2S(=O)(=O)c2ccccc2)CC1)NCCc1ccccc1. The van der Waals surface area contributed by atoms with Gasteiger partial charge in [0.1, 0.15) is 0 Å². The molecule has 34 heavy (non-hydrogen) atoms. The van der Waals surface area contributed by atoms with Crippen LogP contribution in [0.3, 0.4) is 0 Å². The summed E-state index contributed by atoms with van der Waals surface area (Å²) in [5, 5.41) is 3.02. The summed E-state index contributed by atoms with van der Waals surface area (Å²) in [6.45, 7) is 4.86. The van der Waals surface area contributed by atoms with Crippen LogP contribution in [0.15, 0.2) is 83.9 Å². The largest absolute Gasteiger partial charge is 0.355 e. The van der Waals surface area contributed by atoms with Gasteiger partial charge in [-0.25, -0.2) is 12.4 Å². The average molecular weight is 481 g/mol. The highest BCUT2D eigenvalue weighted by atomic mass is 32.2. The van der Waals surface area contributed by atoms with E-state index in [4.69, 9.17) is 0 Å². The molecule has 0 atom stereocenters. The van der Waals surface area contributed by atoms with Crippen LogP contribution in [0, 0.1) is 0 Å². The molecule has 7 nitrogen and oxygen atoms in total. The molecule has 0 bridgehead atoms. The molecule has 1 N–H and O–H groups in total. The predicted molar refractivity (Wildman–Crippen MR) is 133 cm³/mol. The standard InChI is InChI=1S/C26H32N4O3S/c31-26(27-15-14-23-9-3-1-4-10-23)22-29-17-8-16-28(19-20-29)21-24-11-7-18-30(24)34(32,33)25-12-5-2-6-13-25/h1-7,9-13,18H,8,14-17,19-22H2,(H,27,31). The molecule has 8 heteroatoms. The number of aromatic nitrogens is 1. The Bertz CT molecular complexity index is 1160. The highest BCUT2D eigenvalue weighted by molar-refractivity contribution is 7.90. The Hall–Kier alpha value is -2.94. The average Bonchev–Trinajstić information content (AvgIpc) is 3.21. The maximum absolute atomic E-state index is 13.1. The Morgan fingerprint density at radius 3 is 2.26 bits per heavy atom. The number of hydrogen-bond donors (Lipinski definition) is 1. The van der Waals surface area contributed by atoms with E-state index in [1.54, 1.807) is 36.5 Å². The van der Waals surface area contributed by atoms with Gasteiger partial charge in [-0.3, -0.25) is 14.6 Å². The zero-order valence-corrected chi connectivity index (χ0v) is 20.2. The number of amides is 1. The van der Waals surface area contributed by atoms with E-state index in [2.05, 4.69) is 27.2 Å². The van der Waals surface area contributed by atoms with Gasteiger partial charge in [-0.05, 0) is 55.8 Å². The molecular weight excluding hydrogens is 448 g/mol. The molecule has 1 aromatic heterocycles. The lowest BCUT2D eigenvalue weighted by Gasteiger charge is -2.22. The third-order valence-corrected chi connectivity index (χ3v) is 7.85. The molecule has 4 rings (SSSR count). The van der Waals surface area contributed by atoms with Gasteiger partial charge in [0.25, 0.3) is 10.0 Å². The molecule has 2 aromatic carbocycles. The van der Waals surface area contributed by atoms with Crippen molar-refractivity contribution in [2.75, 3.05) is 39.3 Å². The van der Waals surface area contributed by atoms with Crippen LogP contribution < -0.4 is 5.32 Å². The summed E-state index contributed by atoms with van der Waals surface area (Å²) in [6, 6.07) is 22.3. The third kappa shape index (κ3) is 6.34. The smallest absolute Gasteiger partial charge is 0.267 e. The Balaban J connectivity index is 1.27. The van der Waals surface area contributed by atoms with Crippen molar-refractivity contribution < 1.29 is 13.2 Å². The third-order valence-electron chi connectivity index (χ3n) is 6.11. The first-order valence-electron chi connectivity index (χ1n) is 11.7. The van der Waals surface area contributed by atoms with E-state index in [1.165, 1.54) is 9.54 Å². The summed E-state index contributed by atoms with van der Waals surface area (Å²) in [5.41, 5.74) is 1.96. The zero-order valence-electron chi connectivity index (χ0n) is 19.3. The van der Waals surface area contributed by atoms with Crippen molar-refractivity contribution in [3.05, 3.63) is 90.3 Å². The fraction of sp³-hybridized carbons (Fsp3) is 0.346. The van der Waals surface area contributed by atoms with Crippen LogP contribution >= 0.6 is 0 Å².